The van der Waals surface area contributed by atoms with Gasteiger partial charge < -0.3 is 14.4 Å². The lowest BCUT2D eigenvalue weighted by molar-refractivity contribution is 0.0773. The van der Waals surface area contributed by atoms with Gasteiger partial charge in [0.05, 0.1) is 5.41 Å². The molecule has 24 heavy (non-hydrogen) atoms. The second-order valence-corrected chi connectivity index (χ2v) is 6.96. The van der Waals surface area contributed by atoms with Crippen molar-refractivity contribution in [3.63, 3.8) is 0 Å². The van der Waals surface area contributed by atoms with Crippen LogP contribution in [0, 0.1) is 19.8 Å². The van der Waals surface area contributed by atoms with E-state index in [9.17, 15) is 9.59 Å². The molecule has 1 aliphatic carbocycles. The maximum Gasteiger partial charge on any atom is 0.259 e. The first kappa shape index (κ1) is 15.1. The van der Waals surface area contributed by atoms with E-state index in [1.807, 2.05) is 0 Å². The molecule has 2 atom stereocenters. The van der Waals surface area contributed by atoms with Gasteiger partial charge in [-0.15, -0.1) is 0 Å². The third-order valence-corrected chi connectivity index (χ3v) is 5.47. The summed E-state index contributed by atoms with van der Waals surface area (Å²) in [6.45, 7) is 4.67. The Hall–Kier alpha value is -2.44. The standard InChI is InChI=1S/C17H20N4O3/c1-10-6-18-7-13(14(10)22)15(23)21-8-12-4-3-5-17(12,9-21)16-19-11(2)20-24-16/h6-7,12H,3-5,8-9H2,1-2H3,(H,18,22)/t12-,17-/m0/s1. The largest absolute Gasteiger partial charge is 0.366 e. The van der Waals surface area contributed by atoms with Crippen LogP contribution >= 0.6 is 0 Å². The number of aromatic nitrogens is 3. The first-order chi connectivity index (χ1) is 11.5. The molecule has 1 N–H and O–H groups in total. The highest BCUT2D eigenvalue weighted by Gasteiger charge is 2.55. The van der Waals surface area contributed by atoms with Crippen molar-refractivity contribution in [3.05, 3.63) is 45.5 Å². The van der Waals surface area contributed by atoms with Gasteiger partial charge in [-0.3, -0.25) is 9.59 Å². The van der Waals surface area contributed by atoms with Crippen LogP contribution < -0.4 is 5.43 Å². The average molecular weight is 328 g/mol. The van der Waals surface area contributed by atoms with E-state index in [0.717, 1.165) is 19.3 Å². The zero-order chi connectivity index (χ0) is 16.9. The number of aromatic amines is 1. The summed E-state index contributed by atoms with van der Waals surface area (Å²) < 4.78 is 5.46. The molecule has 0 spiro atoms. The molecule has 4 rings (SSSR count). The molecule has 1 amide bonds. The van der Waals surface area contributed by atoms with Gasteiger partial charge >= 0.3 is 0 Å². The number of hydrogen-bond acceptors (Lipinski definition) is 5. The molecule has 2 aliphatic rings. The smallest absolute Gasteiger partial charge is 0.259 e. The molecule has 1 saturated carbocycles. The fourth-order valence-electron chi connectivity index (χ4n) is 4.22. The van der Waals surface area contributed by atoms with Gasteiger partial charge in [-0.05, 0) is 32.6 Å². The number of nitrogens with one attached hydrogen (secondary N) is 1. The molecule has 3 heterocycles. The number of pyridine rings is 1. The maximum absolute atomic E-state index is 12.9. The molecule has 1 saturated heterocycles. The van der Waals surface area contributed by atoms with Crippen LogP contribution in [-0.4, -0.2) is 39.0 Å². The topological polar surface area (TPSA) is 92.1 Å². The highest BCUT2D eigenvalue weighted by molar-refractivity contribution is 5.94. The van der Waals surface area contributed by atoms with Crippen LogP contribution in [0.25, 0.3) is 0 Å². The van der Waals surface area contributed by atoms with Crippen LogP contribution in [0.15, 0.2) is 21.7 Å². The van der Waals surface area contributed by atoms with E-state index in [2.05, 4.69) is 15.1 Å². The number of carbonyl (C=O) groups excluding carboxylic acids is 1. The lowest BCUT2D eigenvalue weighted by Crippen LogP contribution is -2.36. The van der Waals surface area contributed by atoms with Crippen molar-refractivity contribution in [1.82, 2.24) is 20.0 Å². The Morgan fingerprint density at radius 3 is 3.00 bits per heavy atom. The monoisotopic (exact) mass is 328 g/mol. The quantitative estimate of drug-likeness (QED) is 0.903. The van der Waals surface area contributed by atoms with Crippen LogP contribution in [0.4, 0.5) is 0 Å². The summed E-state index contributed by atoms with van der Waals surface area (Å²) in [4.78, 5) is 34.2. The fourth-order valence-corrected chi connectivity index (χ4v) is 4.22. The van der Waals surface area contributed by atoms with Crippen LogP contribution in [0.2, 0.25) is 0 Å². The second kappa shape index (κ2) is 5.29. The van der Waals surface area contributed by atoms with E-state index in [1.165, 1.54) is 6.20 Å². The molecule has 0 radical (unpaired) electrons. The zero-order valence-corrected chi connectivity index (χ0v) is 13.8. The summed E-state index contributed by atoms with van der Waals surface area (Å²) in [6.07, 6.45) is 6.18. The number of fused-ring (bicyclic) bond motifs is 1. The Balaban J connectivity index is 1.67. The highest BCUT2D eigenvalue weighted by atomic mass is 16.5. The summed E-state index contributed by atoms with van der Waals surface area (Å²) in [5.74, 6) is 1.34. The van der Waals surface area contributed by atoms with Crippen molar-refractivity contribution >= 4 is 5.91 Å². The van der Waals surface area contributed by atoms with E-state index in [1.54, 1.807) is 24.9 Å². The predicted molar refractivity (Wildman–Crippen MR) is 85.8 cm³/mol. The molecule has 2 aromatic rings. The van der Waals surface area contributed by atoms with Crippen LogP contribution in [-0.2, 0) is 5.41 Å². The van der Waals surface area contributed by atoms with E-state index in [4.69, 9.17) is 4.52 Å². The number of rotatable bonds is 2. The third kappa shape index (κ3) is 2.11. The molecule has 0 unspecified atom stereocenters. The molecule has 7 heteroatoms. The molecule has 1 aliphatic heterocycles. The number of carbonyl (C=O) groups is 1. The molecule has 7 nitrogen and oxygen atoms in total. The van der Waals surface area contributed by atoms with Crippen LogP contribution in [0.5, 0.6) is 0 Å². The Bertz CT molecular complexity index is 856. The van der Waals surface area contributed by atoms with Crippen LogP contribution in [0.3, 0.4) is 0 Å². The summed E-state index contributed by atoms with van der Waals surface area (Å²) in [5.41, 5.74) is 0.279. The number of aryl methyl sites for hydroxylation is 2. The second-order valence-electron chi connectivity index (χ2n) is 6.96. The minimum absolute atomic E-state index is 0.201. The van der Waals surface area contributed by atoms with E-state index >= 15 is 0 Å². The normalized spacial score (nSPS) is 25.9. The van der Waals surface area contributed by atoms with Crippen molar-refractivity contribution in [3.8, 4) is 0 Å². The molecular formula is C17H20N4O3. The minimum Gasteiger partial charge on any atom is -0.366 e. The van der Waals surface area contributed by atoms with Crippen molar-refractivity contribution in [1.29, 1.82) is 0 Å². The van der Waals surface area contributed by atoms with Gasteiger partial charge in [0.25, 0.3) is 5.91 Å². The van der Waals surface area contributed by atoms with Gasteiger partial charge in [-0.2, -0.15) is 4.98 Å². The van der Waals surface area contributed by atoms with Gasteiger partial charge in [-0.1, -0.05) is 11.6 Å². The van der Waals surface area contributed by atoms with Gasteiger partial charge in [-0.25, -0.2) is 0 Å². The Morgan fingerprint density at radius 1 is 1.42 bits per heavy atom. The molecule has 2 aromatic heterocycles. The van der Waals surface area contributed by atoms with Crippen LogP contribution in [0.1, 0.15) is 46.9 Å². The fraction of sp³-hybridized carbons (Fsp3) is 0.529. The summed E-state index contributed by atoms with van der Waals surface area (Å²) in [7, 11) is 0. The van der Waals surface area contributed by atoms with Crippen molar-refractivity contribution in [2.24, 2.45) is 5.92 Å². The van der Waals surface area contributed by atoms with Gasteiger partial charge in [0, 0.05) is 31.0 Å². The molecular weight excluding hydrogens is 308 g/mol. The van der Waals surface area contributed by atoms with Crippen molar-refractivity contribution in [2.75, 3.05) is 13.1 Å². The molecule has 0 aromatic carbocycles. The number of H-pyrrole nitrogens is 1. The van der Waals surface area contributed by atoms with Crippen molar-refractivity contribution < 1.29 is 9.32 Å². The highest BCUT2D eigenvalue weighted by Crippen LogP contribution is 2.50. The zero-order valence-electron chi connectivity index (χ0n) is 13.8. The Morgan fingerprint density at radius 2 is 2.25 bits per heavy atom. The number of nitrogens with zero attached hydrogens (tertiary/aromatic N) is 3. The first-order valence-electron chi connectivity index (χ1n) is 8.29. The maximum atomic E-state index is 12.9. The molecule has 126 valence electrons. The Kier molecular flexibility index (Phi) is 3.33. The van der Waals surface area contributed by atoms with E-state index in [-0.39, 0.29) is 22.3 Å². The average Bonchev–Trinajstić information content (AvgIpc) is 3.22. The Labute approximate surface area is 139 Å². The summed E-state index contributed by atoms with van der Waals surface area (Å²) in [5, 5.41) is 3.93. The number of hydrogen-bond donors (Lipinski definition) is 1. The molecule has 2 fully saturated rings. The first-order valence-corrected chi connectivity index (χ1v) is 8.29. The summed E-state index contributed by atoms with van der Waals surface area (Å²) >= 11 is 0. The lowest BCUT2D eigenvalue weighted by atomic mass is 9.80. The molecule has 0 bridgehead atoms. The number of likely N-dealkylation sites (tertiary alicyclic amines) is 1. The summed E-state index contributed by atoms with van der Waals surface area (Å²) in [6, 6.07) is 0. The third-order valence-electron chi connectivity index (χ3n) is 5.47. The van der Waals surface area contributed by atoms with Gasteiger partial charge in [0.2, 0.25) is 5.89 Å². The lowest BCUT2D eigenvalue weighted by Gasteiger charge is -2.24. The van der Waals surface area contributed by atoms with Gasteiger partial charge in [0.15, 0.2) is 11.3 Å². The van der Waals surface area contributed by atoms with E-state index in [0.29, 0.717) is 36.3 Å². The predicted octanol–water partition coefficient (Wildman–Crippen LogP) is 1.57. The number of amides is 1. The van der Waals surface area contributed by atoms with E-state index < -0.39 is 0 Å². The van der Waals surface area contributed by atoms with Crippen molar-refractivity contribution in [2.45, 2.75) is 38.5 Å². The minimum atomic E-state index is -0.256. The van der Waals surface area contributed by atoms with Gasteiger partial charge in [0.1, 0.15) is 5.56 Å². The SMILES string of the molecule is Cc1noc([C@]23CCC[C@H]2CN(C(=O)c2c[nH]cc(C)c2=O)C3)n1.